The fraction of sp³-hybridized carbons (Fsp3) is 0. The number of nitrogens with zero attached hydrogens (tertiary/aromatic N) is 6. The van der Waals surface area contributed by atoms with Crippen molar-refractivity contribution in [3.05, 3.63) is 182 Å². The fourth-order valence-corrected chi connectivity index (χ4v) is 9.83. The van der Waals surface area contributed by atoms with Crippen LogP contribution in [0.4, 0.5) is 34.5 Å². The summed E-state index contributed by atoms with van der Waals surface area (Å²) in [6.07, 6.45) is 1.88. The van der Waals surface area contributed by atoms with Crippen molar-refractivity contribution in [1.82, 2.24) is 20.2 Å². The highest BCUT2D eigenvalue weighted by atomic mass is 32.1. The molecule has 0 unspecified atom stereocenters. The number of benzene rings is 8. The van der Waals surface area contributed by atoms with E-state index in [-0.39, 0.29) is 0 Å². The average molecular weight is 803 g/mol. The Kier molecular flexibility index (Phi) is 7.31. The lowest BCUT2D eigenvalue weighted by Gasteiger charge is -2.25. The maximum Gasteiger partial charge on any atom is 0.235 e. The lowest BCUT2D eigenvalue weighted by molar-refractivity contribution is 0.668. The van der Waals surface area contributed by atoms with Gasteiger partial charge in [0, 0.05) is 56.7 Å². The highest BCUT2D eigenvalue weighted by molar-refractivity contribution is 7.25. The molecule has 0 saturated carbocycles. The standard InChI is InChI=1S/C52H30N6O2S/c1-3-15-35-31(11-1)13-9-19-42(35)57(33-23-25-39-37-17-5-7-21-44(37)59-46(39)27-33)49-29-48-50(56-55-49)41-30-53-52(54-51(41)61-48)58(43-20-10-14-32-12-2-4-16-36(32)43)34-24-26-40-38-18-6-8-22-45(38)60-47(40)28-34/h1-30H. The van der Waals surface area contributed by atoms with Crippen LogP contribution in [0.25, 0.3) is 85.9 Å². The number of hydrogen-bond acceptors (Lipinski definition) is 9. The third-order valence-electron chi connectivity index (χ3n) is 11.6. The number of rotatable bonds is 6. The molecule has 0 fully saturated rings. The summed E-state index contributed by atoms with van der Waals surface area (Å²) < 4.78 is 13.7. The molecule has 0 aliphatic carbocycles. The molecular weight excluding hydrogens is 773 g/mol. The number of fused-ring (bicyclic) bond motifs is 11. The van der Waals surface area contributed by atoms with Gasteiger partial charge in [-0.15, -0.1) is 21.5 Å². The normalized spacial score (nSPS) is 11.9. The first-order valence-electron chi connectivity index (χ1n) is 20.0. The Morgan fingerprint density at radius 2 is 0.951 bits per heavy atom. The largest absolute Gasteiger partial charge is 0.456 e. The van der Waals surface area contributed by atoms with Crippen LogP contribution in [-0.4, -0.2) is 20.2 Å². The van der Waals surface area contributed by atoms with Crippen LogP contribution in [0.2, 0.25) is 0 Å². The fourth-order valence-electron chi connectivity index (χ4n) is 8.82. The zero-order valence-electron chi connectivity index (χ0n) is 32.2. The van der Waals surface area contributed by atoms with Gasteiger partial charge in [-0.3, -0.25) is 9.80 Å². The van der Waals surface area contributed by atoms with E-state index >= 15 is 0 Å². The van der Waals surface area contributed by atoms with E-state index in [9.17, 15) is 0 Å². The van der Waals surface area contributed by atoms with Gasteiger partial charge in [0.2, 0.25) is 5.95 Å². The predicted octanol–water partition coefficient (Wildman–Crippen LogP) is 14.7. The molecule has 13 aromatic rings. The second kappa shape index (κ2) is 13.2. The Bertz CT molecular complexity index is 3630. The lowest BCUT2D eigenvalue weighted by Crippen LogP contribution is -2.13. The average Bonchev–Trinajstić information content (AvgIpc) is 3.99. The van der Waals surface area contributed by atoms with Crippen molar-refractivity contribution in [3.8, 4) is 0 Å². The first-order chi connectivity index (χ1) is 30.2. The van der Waals surface area contributed by atoms with Crippen LogP contribution in [-0.2, 0) is 0 Å². The summed E-state index contributed by atoms with van der Waals surface area (Å²) in [6, 6.07) is 60.5. The molecule has 0 spiro atoms. The monoisotopic (exact) mass is 802 g/mol. The van der Waals surface area contributed by atoms with E-state index in [0.717, 1.165) is 109 Å². The number of hydrogen-bond donors (Lipinski definition) is 0. The molecule has 0 aliphatic heterocycles. The Balaban J connectivity index is 0.981. The Morgan fingerprint density at radius 3 is 1.59 bits per heavy atom. The van der Waals surface area contributed by atoms with Crippen LogP contribution in [0.5, 0.6) is 0 Å². The van der Waals surface area contributed by atoms with E-state index in [2.05, 4.69) is 149 Å². The third kappa shape index (κ3) is 5.31. The lowest BCUT2D eigenvalue weighted by atomic mass is 10.1. The zero-order valence-corrected chi connectivity index (χ0v) is 33.0. The molecule has 9 heteroatoms. The van der Waals surface area contributed by atoms with Gasteiger partial charge in [-0.25, -0.2) is 9.97 Å². The van der Waals surface area contributed by atoms with Crippen molar-refractivity contribution in [2.75, 3.05) is 9.80 Å². The minimum Gasteiger partial charge on any atom is -0.456 e. The Labute approximate surface area is 351 Å². The van der Waals surface area contributed by atoms with Gasteiger partial charge in [-0.2, -0.15) is 0 Å². The quantitative estimate of drug-likeness (QED) is 0.164. The molecule has 286 valence electrons. The summed E-state index contributed by atoms with van der Waals surface area (Å²) >= 11 is 1.58. The molecule has 5 heterocycles. The van der Waals surface area contributed by atoms with Gasteiger partial charge >= 0.3 is 0 Å². The van der Waals surface area contributed by atoms with Gasteiger partial charge in [0.1, 0.15) is 32.7 Å². The minimum absolute atomic E-state index is 0.538. The van der Waals surface area contributed by atoms with Crippen molar-refractivity contribution in [2.45, 2.75) is 0 Å². The number of aromatic nitrogens is 4. The van der Waals surface area contributed by atoms with Gasteiger partial charge in [-0.1, -0.05) is 109 Å². The highest BCUT2D eigenvalue weighted by Crippen LogP contribution is 2.44. The maximum absolute atomic E-state index is 6.38. The SMILES string of the molecule is c1ccc2c(N(c3ccc4c(c3)oc3ccccc34)c3cc4sc5nc(N(c6ccc7c(c6)oc6ccccc67)c6cccc7ccccc67)ncc5c4nn3)cccc2c1. The molecule has 0 amide bonds. The first kappa shape index (κ1) is 33.8. The minimum atomic E-state index is 0.538. The molecule has 8 nitrogen and oxygen atoms in total. The number of thiophene rings is 1. The second-order valence-electron chi connectivity index (χ2n) is 15.1. The predicted molar refractivity (Wildman–Crippen MR) is 249 cm³/mol. The summed E-state index contributed by atoms with van der Waals surface area (Å²) in [7, 11) is 0. The molecule has 13 rings (SSSR count). The summed E-state index contributed by atoms with van der Waals surface area (Å²) in [5.41, 5.74) is 7.80. The van der Waals surface area contributed by atoms with Gasteiger partial charge in [0.05, 0.1) is 32.8 Å². The number of para-hydroxylation sites is 2. The summed E-state index contributed by atoms with van der Waals surface area (Å²) in [4.78, 5) is 15.4. The van der Waals surface area contributed by atoms with Crippen LogP contribution in [0.3, 0.4) is 0 Å². The van der Waals surface area contributed by atoms with Crippen molar-refractivity contribution >= 4 is 132 Å². The summed E-state index contributed by atoms with van der Waals surface area (Å²) in [5, 5.41) is 19.4. The van der Waals surface area contributed by atoms with Crippen molar-refractivity contribution in [1.29, 1.82) is 0 Å². The van der Waals surface area contributed by atoms with Crippen LogP contribution >= 0.6 is 11.3 Å². The Hall–Kier alpha value is -8.14. The molecule has 0 atom stereocenters. The number of anilines is 6. The first-order valence-corrected chi connectivity index (χ1v) is 20.8. The zero-order chi connectivity index (χ0) is 40.0. The van der Waals surface area contributed by atoms with Crippen LogP contribution in [0.15, 0.2) is 191 Å². The number of furan rings is 2. The van der Waals surface area contributed by atoms with E-state index in [1.165, 1.54) is 0 Å². The van der Waals surface area contributed by atoms with Crippen molar-refractivity contribution < 1.29 is 8.83 Å². The molecule has 0 bridgehead atoms. The van der Waals surface area contributed by atoms with Crippen LogP contribution in [0, 0.1) is 0 Å². The summed E-state index contributed by atoms with van der Waals surface area (Å²) in [5.74, 6) is 1.21. The van der Waals surface area contributed by atoms with Crippen molar-refractivity contribution in [3.63, 3.8) is 0 Å². The van der Waals surface area contributed by atoms with Gasteiger partial charge < -0.3 is 8.83 Å². The maximum atomic E-state index is 6.38. The smallest absolute Gasteiger partial charge is 0.235 e. The van der Waals surface area contributed by atoms with Gasteiger partial charge in [0.15, 0.2) is 5.82 Å². The van der Waals surface area contributed by atoms with Gasteiger partial charge in [-0.05, 0) is 59.3 Å². The highest BCUT2D eigenvalue weighted by Gasteiger charge is 2.24. The van der Waals surface area contributed by atoms with Crippen LogP contribution < -0.4 is 9.80 Å². The van der Waals surface area contributed by atoms with E-state index < -0.39 is 0 Å². The molecule has 0 saturated heterocycles. The Morgan fingerprint density at radius 1 is 0.426 bits per heavy atom. The molecule has 0 aliphatic rings. The van der Waals surface area contributed by atoms with E-state index in [1.54, 1.807) is 11.3 Å². The molecule has 61 heavy (non-hydrogen) atoms. The second-order valence-corrected chi connectivity index (χ2v) is 16.2. The molecule has 0 radical (unpaired) electrons. The van der Waals surface area contributed by atoms with E-state index in [0.29, 0.717) is 11.8 Å². The molecule has 5 aromatic heterocycles. The molecular formula is C52H30N6O2S. The molecule has 8 aromatic carbocycles. The third-order valence-corrected chi connectivity index (χ3v) is 12.7. The van der Waals surface area contributed by atoms with E-state index in [1.807, 2.05) is 42.6 Å². The van der Waals surface area contributed by atoms with Gasteiger partial charge in [0.25, 0.3) is 0 Å². The molecule has 0 N–H and O–H groups in total. The topological polar surface area (TPSA) is 84.3 Å². The summed E-state index contributed by atoms with van der Waals surface area (Å²) in [6.45, 7) is 0. The van der Waals surface area contributed by atoms with E-state index in [4.69, 9.17) is 29.0 Å². The van der Waals surface area contributed by atoms with Crippen molar-refractivity contribution in [2.24, 2.45) is 0 Å². The van der Waals surface area contributed by atoms with Crippen LogP contribution in [0.1, 0.15) is 0 Å².